The average Bonchev–Trinajstić information content (AvgIpc) is 3.25. The summed E-state index contributed by atoms with van der Waals surface area (Å²) in [5, 5.41) is 44.5. The van der Waals surface area contributed by atoms with Crippen LogP contribution in [0.15, 0.2) is 34.0 Å². The highest BCUT2D eigenvalue weighted by Crippen LogP contribution is 2.53. The number of aliphatic imine (C=N–C) groups is 1. The van der Waals surface area contributed by atoms with Gasteiger partial charge in [0, 0.05) is 23.6 Å². The van der Waals surface area contributed by atoms with Gasteiger partial charge >= 0.3 is 0 Å². The van der Waals surface area contributed by atoms with Crippen LogP contribution >= 0.6 is 0 Å². The molecular formula is C27H30N4O8. The highest BCUT2D eigenvalue weighted by molar-refractivity contribution is 6.24. The van der Waals surface area contributed by atoms with Crippen molar-refractivity contribution in [3.05, 3.63) is 45.7 Å². The Morgan fingerprint density at radius 3 is 2.49 bits per heavy atom. The summed E-state index contributed by atoms with van der Waals surface area (Å²) in [4.78, 5) is 60.0. The molecule has 0 saturated heterocycles. The fourth-order valence-corrected chi connectivity index (χ4v) is 6.55. The summed E-state index contributed by atoms with van der Waals surface area (Å²) < 4.78 is 0. The molecule has 5 rings (SSSR count). The number of fused-ring (bicyclic) bond motifs is 3. The second-order valence-electron chi connectivity index (χ2n) is 10.7. The molecule has 1 aliphatic heterocycles. The molecule has 3 aliphatic carbocycles. The number of aliphatic hydroxyl groups excluding tert-OH is 2. The second-order valence-corrected chi connectivity index (χ2v) is 10.7. The minimum Gasteiger partial charge on any atom is -0.508 e. The largest absolute Gasteiger partial charge is 0.508 e. The SMILES string of the molecule is CC1=NCCN1CC(=O)c1ccc(O)c2c1C[C@H]1C[C@H]3[C@H](N(C)C)C(=O)C(C(N)=O)=C(O)[C@@]3(O)C(=O)C1=C2O. The molecule has 1 heterocycles. The molecule has 1 amide bonds. The number of likely N-dealkylation sites (N-methyl/N-ethyl adjacent to an activating group) is 1. The monoisotopic (exact) mass is 538 g/mol. The molecule has 206 valence electrons. The summed E-state index contributed by atoms with van der Waals surface area (Å²) in [7, 11) is 3.07. The Labute approximate surface area is 223 Å². The number of amidine groups is 1. The van der Waals surface area contributed by atoms with Gasteiger partial charge in [-0.2, -0.15) is 0 Å². The van der Waals surface area contributed by atoms with Crippen LogP contribution in [0.1, 0.15) is 34.8 Å². The van der Waals surface area contributed by atoms with E-state index in [1.54, 1.807) is 0 Å². The van der Waals surface area contributed by atoms with Gasteiger partial charge in [0.25, 0.3) is 5.91 Å². The minimum atomic E-state index is -2.71. The van der Waals surface area contributed by atoms with Crippen molar-refractivity contribution in [2.24, 2.45) is 22.6 Å². The number of aliphatic hydroxyl groups is 3. The molecule has 6 N–H and O–H groups in total. The lowest BCUT2D eigenvalue weighted by atomic mass is 9.57. The number of hydrogen-bond donors (Lipinski definition) is 5. The van der Waals surface area contributed by atoms with Gasteiger partial charge in [-0.15, -0.1) is 0 Å². The Bertz CT molecular complexity index is 1440. The van der Waals surface area contributed by atoms with Crippen molar-refractivity contribution in [3.63, 3.8) is 0 Å². The first-order valence-electron chi connectivity index (χ1n) is 12.6. The van der Waals surface area contributed by atoms with Crippen molar-refractivity contribution in [1.82, 2.24) is 9.80 Å². The predicted molar refractivity (Wildman–Crippen MR) is 138 cm³/mol. The van der Waals surface area contributed by atoms with E-state index < -0.39 is 58.0 Å². The van der Waals surface area contributed by atoms with E-state index in [4.69, 9.17) is 5.73 Å². The first-order chi connectivity index (χ1) is 18.3. The number of hydrogen-bond acceptors (Lipinski definition) is 11. The Kier molecular flexibility index (Phi) is 6.15. The van der Waals surface area contributed by atoms with Crippen LogP contribution in [0.25, 0.3) is 5.76 Å². The molecule has 4 aliphatic rings. The van der Waals surface area contributed by atoms with E-state index in [0.29, 0.717) is 18.7 Å². The Hall–Kier alpha value is -4.03. The Balaban J connectivity index is 1.65. The minimum absolute atomic E-state index is 0.0433. The van der Waals surface area contributed by atoms with Crippen LogP contribution in [-0.2, 0) is 20.8 Å². The summed E-state index contributed by atoms with van der Waals surface area (Å²) >= 11 is 0. The molecule has 1 saturated carbocycles. The maximum atomic E-state index is 13.9. The summed E-state index contributed by atoms with van der Waals surface area (Å²) in [6, 6.07) is 1.55. The zero-order valence-electron chi connectivity index (χ0n) is 21.8. The number of aromatic hydroxyl groups is 1. The third-order valence-electron chi connectivity index (χ3n) is 8.41. The molecule has 4 atom stereocenters. The van der Waals surface area contributed by atoms with Crippen molar-refractivity contribution in [2.75, 3.05) is 33.7 Å². The molecule has 0 aromatic heterocycles. The van der Waals surface area contributed by atoms with E-state index >= 15 is 0 Å². The van der Waals surface area contributed by atoms with E-state index in [-0.39, 0.29) is 47.6 Å². The van der Waals surface area contributed by atoms with Crippen LogP contribution in [0.5, 0.6) is 5.75 Å². The van der Waals surface area contributed by atoms with Crippen molar-refractivity contribution in [2.45, 2.75) is 31.4 Å². The zero-order valence-corrected chi connectivity index (χ0v) is 21.8. The summed E-state index contributed by atoms with van der Waals surface area (Å²) in [5.41, 5.74) is 2.01. The molecule has 12 heteroatoms. The van der Waals surface area contributed by atoms with Crippen molar-refractivity contribution >= 4 is 34.9 Å². The predicted octanol–water partition coefficient (Wildman–Crippen LogP) is -0.119. The number of phenolic OH excluding ortho intramolecular Hbond substituents is 1. The number of carbonyl (C=O) groups excluding carboxylic acids is 4. The summed E-state index contributed by atoms with van der Waals surface area (Å²) in [6.07, 6.45) is 0.00399. The standard InChI is InChI=1S/C27H30N4O8/c1-11-29-6-7-31(11)10-17(33)13-4-5-16(32)19-14(13)8-12-9-15-21(30(2)3)23(35)20(26(28)38)25(37)27(15,39)24(36)18(12)22(19)34/h4-5,12,15,21,32,34,37,39H,6-10H2,1-3H3,(H2,28,38)/t12-,15-,21-,27-/m0/s1. The number of benzene rings is 1. The topological polar surface area (TPSA) is 194 Å². The highest BCUT2D eigenvalue weighted by atomic mass is 16.3. The molecule has 39 heavy (non-hydrogen) atoms. The van der Waals surface area contributed by atoms with Gasteiger partial charge in [0.1, 0.15) is 22.8 Å². The van der Waals surface area contributed by atoms with Crippen molar-refractivity contribution < 1.29 is 39.6 Å². The Morgan fingerprint density at radius 1 is 1.21 bits per heavy atom. The third-order valence-corrected chi connectivity index (χ3v) is 8.41. The lowest BCUT2D eigenvalue weighted by molar-refractivity contribution is -0.153. The molecular weight excluding hydrogens is 508 g/mol. The lowest BCUT2D eigenvalue weighted by Gasteiger charge is -2.50. The molecule has 0 radical (unpaired) electrons. The maximum absolute atomic E-state index is 13.9. The van der Waals surface area contributed by atoms with Gasteiger partial charge in [-0.1, -0.05) is 0 Å². The van der Waals surface area contributed by atoms with Crippen molar-refractivity contribution in [3.8, 4) is 5.75 Å². The molecule has 1 aromatic carbocycles. The van der Waals surface area contributed by atoms with E-state index in [1.807, 2.05) is 11.8 Å². The first-order valence-corrected chi connectivity index (χ1v) is 12.6. The third kappa shape index (κ3) is 3.69. The normalized spacial score (nSPS) is 28.4. The second kappa shape index (κ2) is 9.02. The van der Waals surface area contributed by atoms with E-state index in [1.165, 1.54) is 31.1 Å². The number of nitrogens with two attached hydrogens (primary N) is 1. The van der Waals surface area contributed by atoms with Gasteiger partial charge in [-0.3, -0.25) is 29.1 Å². The number of carbonyl (C=O) groups is 4. The molecule has 1 aromatic rings. The lowest BCUT2D eigenvalue weighted by Crippen LogP contribution is -2.65. The van der Waals surface area contributed by atoms with Crippen molar-refractivity contribution in [1.29, 1.82) is 0 Å². The fraction of sp³-hybridized carbons (Fsp3) is 0.444. The van der Waals surface area contributed by atoms with Crippen LogP contribution in [0.3, 0.4) is 0 Å². The van der Waals surface area contributed by atoms with E-state index in [2.05, 4.69) is 4.99 Å². The Morgan fingerprint density at radius 2 is 1.90 bits per heavy atom. The average molecular weight is 539 g/mol. The van der Waals surface area contributed by atoms with E-state index in [0.717, 1.165) is 5.84 Å². The molecule has 0 unspecified atom stereocenters. The number of Topliss-reactive ketones (excluding diaryl/α,β-unsaturated/α-hetero) is 3. The van der Waals surface area contributed by atoms with Gasteiger partial charge < -0.3 is 31.1 Å². The molecule has 12 nitrogen and oxygen atoms in total. The van der Waals surface area contributed by atoms with Crippen LogP contribution in [-0.4, -0.2) is 105 Å². The molecule has 0 spiro atoms. The fourth-order valence-electron chi connectivity index (χ4n) is 6.55. The van der Waals surface area contributed by atoms with Crippen LogP contribution in [0.4, 0.5) is 0 Å². The van der Waals surface area contributed by atoms with E-state index in [9.17, 15) is 39.6 Å². The summed E-state index contributed by atoms with van der Waals surface area (Å²) in [6.45, 7) is 3.03. The van der Waals surface area contributed by atoms with Gasteiger partial charge in [0.15, 0.2) is 17.2 Å². The van der Waals surface area contributed by atoms with Crippen LogP contribution in [0.2, 0.25) is 0 Å². The number of nitrogens with zero attached hydrogens (tertiary/aromatic N) is 3. The van der Waals surface area contributed by atoms with Gasteiger partial charge in [-0.05, 0) is 57.5 Å². The van der Waals surface area contributed by atoms with Gasteiger partial charge in [-0.25, -0.2) is 0 Å². The number of primary amides is 1. The van der Waals surface area contributed by atoms with Crippen LogP contribution < -0.4 is 5.73 Å². The van der Waals surface area contributed by atoms with Gasteiger partial charge in [0.2, 0.25) is 5.78 Å². The first kappa shape index (κ1) is 26.6. The quantitative estimate of drug-likeness (QED) is 0.249. The smallest absolute Gasteiger partial charge is 0.255 e. The zero-order chi connectivity index (χ0) is 28.5. The van der Waals surface area contributed by atoms with Gasteiger partial charge in [0.05, 0.1) is 30.5 Å². The molecule has 0 bridgehead atoms. The number of rotatable bonds is 5. The number of ketones is 3. The highest BCUT2D eigenvalue weighted by Gasteiger charge is 2.64. The number of amides is 1. The molecule has 1 fully saturated rings. The maximum Gasteiger partial charge on any atom is 0.255 e. The van der Waals surface area contributed by atoms with Crippen LogP contribution in [0, 0.1) is 11.8 Å². The summed E-state index contributed by atoms with van der Waals surface area (Å²) in [5.74, 6) is -6.81. The number of phenols is 1.